The first-order valence-corrected chi connectivity index (χ1v) is 4.27. The molecule has 0 saturated carbocycles. The van der Waals surface area contributed by atoms with E-state index in [2.05, 4.69) is 0 Å². The standard InChI is InChI=1S/C8H18F2N2O/c1-12(4-3-5-13-2)7-8(9,10)6-11/h3-7,11H2,1-2H3. The number of ether oxygens (including phenoxy) is 1. The second-order valence-corrected chi connectivity index (χ2v) is 3.14. The molecule has 0 aliphatic carbocycles. The van der Waals surface area contributed by atoms with E-state index in [0.717, 1.165) is 6.42 Å². The molecule has 0 fully saturated rings. The number of alkyl halides is 2. The van der Waals surface area contributed by atoms with Crippen molar-refractivity contribution in [1.82, 2.24) is 4.90 Å². The molecule has 0 saturated heterocycles. The zero-order chi connectivity index (χ0) is 10.3. The van der Waals surface area contributed by atoms with Crippen molar-refractivity contribution in [2.75, 3.05) is 40.4 Å². The first-order chi connectivity index (χ1) is 6.02. The Hall–Kier alpha value is -0.260. The van der Waals surface area contributed by atoms with E-state index in [-0.39, 0.29) is 6.54 Å². The summed E-state index contributed by atoms with van der Waals surface area (Å²) < 4.78 is 30.2. The SMILES string of the molecule is COCCCN(C)CC(F)(F)CN. The van der Waals surface area contributed by atoms with Crippen molar-refractivity contribution >= 4 is 0 Å². The van der Waals surface area contributed by atoms with Gasteiger partial charge in [0.05, 0.1) is 13.1 Å². The summed E-state index contributed by atoms with van der Waals surface area (Å²) in [5.41, 5.74) is 4.91. The molecule has 3 nitrogen and oxygen atoms in total. The maximum absolute atomic E-state index is 12.7. The second-order valence-electron chi connectivity index (χ2n) is 3.14. The Morgan fingerprint density at radius 3 is 2.54 bits per heavy atom. The van der Waals surface area contributed by atoms with Crippen LogP contribution in [0.5, 0.6) is 0 Å². The lowest BCUT2D eigenvalue weighted by atomic mass is 10.3. The average molecular weight is 196 g/mol. The molecule has 0 aliphatic heterocycles. The lowest BCUT2D eigenvalue weighted by Gasteiger charge is -2.22. The lowest BCUT2D eigenvalue weighted by molar-refractivity contribution is -0.0185. The van der Waals surface area contributed by atoms with Gasteiger partial charge in [-0.2, -0.15) is 0 Å². The van der Waals surface area contributed by atoms with Gasteiger partial charge in [0.1, 0.15) is 0 Å². The van der Waals surface area contributed by atoms with Crippen LogP contribution in [0.1, 0.15) is 6.42 Å². The second kappa shape index (κ2) is 6.23. The molecule has 0 atom stereocenters. The minimum absolute atomic E-state index is 0.285. The Labute approximate surface area is 77.8 Å². The van der Waals surface area contributed by atoms with E-state index in [1.54, 1.807) is 19.1 Å². The van der Waals surface area contributed by atoms with E-state index in [0.29, 0.717) is 13.2 Å². The Balaban J connectivity index is 3.55. The molecule has 0 heterocycles. The molecule has 0 bridgehead atoms. The summed E-state index contributed by atoms with van der Waals surface area (Å²) in [6, 6.07) is 0. The van der Waals surface area contributed by atoms with Crippen LogP contribution in [0, 0.1) is 0 Å². The summed E-state index contributed by atoms with van der Waals surface area (Å²) in [6.07, 6.45) is 0.758. The normalized spacial score (nSPS) is 12.5. The largest absolute Gasteiger partial charge is 0.385 e. The van der Waals surface area contributed by atoms with E-state index in [1.807, 2.05) is 0 Å². The van der Waals surface area contributed by atoms with Crippen LogP contribution in [0.2, 0.25) is 0 Å². The van der Waals surface area contributed by atoms with Gasteiger partial charge in [-0.25, -0.2) is 8.78 Å². The summed E-state index contributed by atoms with van der Waals surface area (Å²) in [5, 5.41) is 0. The summed E-state index contributed by atoms with van der Waals surface area (Å²) in [4.78, 5) is 1.56. The van der Waals surface area contributed by atoms with Gasteiger partial charge in [-0.3, -0.25) is 0 Å². The van der Waals surface area contributed by atoms with Gasteiger partial charge in [-0.15, -0.1) is 0 Å². The third-order valence-electron chi connectivity index (χ3n) is 1.69. The average Bonchev–Trinajstić information content (AvgIpc) is 2.04. The molecular formula is C8H18F2N2O. The van der Waals surface area contributed by atoms with Crippen LogP contribution in [0.15, 0.2) is 0 Å². The lowest BCUT2D eigenvalue weighted by Crippen LogP contribution is -2.40. The molecule has 5 heteroatoms. The smallest absolute Gasteiger partial charge is 0.272 e. The van der Waals surface area contributed by atoms with Crippen LogP contribution in [0.3, 0.4) is 0 Å². The van der Waals surface area contributed by atoms with Gasteiger partial charge in [-0.05, 0) is 13.5 Å². The summed E-state index contributed by atoms with van der Waals surface area (Å²) in [5.74, 6) is -2.78. The molecule has 0 spiro atoms. The molecule has 0 rings (SSSR count). The quantitative estimate of drug-likeness (QED) is 0.604. The Morgan fingerprint density at radius 2 is 2.08 bits per heavy atom. The van der Waals surface area contributed by atoms with Crippen molar-refractivity contribution in [2.24, 2.45) is 5.73 Å². The molecule has 0 unspecified atom stereocenters. The number of hydrogen-bond acceptors (Lipinski definition) is 3. The number of methoxy groups -OCH3 is 1. The van der Waals surface area contributed by atoms with Crippen LogP contribution in [0.25, 0.3) is 0 Å². The van der Waals surface area contributed by atoms with Crippen molar-refractivity contribution in [3.05, 3.63) is 0 Å². The van der Waals surface area contributed by atoms with E-state index in [1.165, 1.54) is 0 Å². The Morgan fingerprint density at radius 1 is 1.46 bits per heavy atom. The van der Waals surface area contributed by atoms with E-state index in [9.17, 15) is 8.78 Å². The minimum Gasteiger partial charge on any atom is -0.385 e. The molecule has 0 aromatic carbocycles. The fourth-order valence-electron chi connectivity index (χ4n) is 1.02. The van der Waals surface area contributed by atoms with Crippen LogP contribution < -0.4 is 5.73 Å². The zero-order valence-corrected chi connectivity index (χ0v) is 8.22. The molecular weight excluding hydrogens is 178 g/mol. The maximum atomic E-state index is 12.7. The van der Waals surface area contributed by atoms with E-state index < -0.39 is 12.5 Å². The number of hydrogen-bond donors (Lipinski definition) is 1. The fraction of sp³-hybridized carbons (Fsp3) is 1.00. The van der Waals surface area contributed by atoms with Crippen LogP contribution in [-0.4, -0.2) is 51.2 Å². The van der Waals surface area contributed by atoms with E-state index >= 15 is 0 Å². The van der Waals surface area contributed by atoms with Gasteiger partial charge < -0.3 is 15.4 Å². The van der Waals surface area contributed by atoms with Gasteiger partial charge in [0.2, 0.25) is 0 Å². The monoisotopic (exact) mass is 196 g/mol. The number of rotatable bonds is 7. The number of halogens is 2. The Bertz CT molecular complexity index is 133. The highest BCUT2D eigenvalue weighted by Crippen LogP contribution is 2.12. The third kappa shape index (κ3) is 6.86. The molecule has 0 radical (unpaired) electrons. The number of nitrogens with zero attached hydrogens (tertiary/aromatic N) is 1. The topological polar surface area (TPSA) is 38.5 Å². The van der Waals surface area contributed by atoms with Crippen molar-refractivity contribution < 1.29 is 13.5 Å². The van der Waals surface area contributed by atoms with E-state index in [4.69, 9.17) is 10.5 Å². The molecule has 0 aromatic rings. The first-order valence-electron chi connectivity index (χ1n) is 4.27. The fourth-order valence-corrected chi connectivity index (χ4v) is 1.02. The summed E-state index contributed by atoms with van der Waals surface area (Å²) >= 11 is 0. The predicted octanol–water partition coefficient (Wildman–Crippen LogP) is 0.549. The van der Waals surface area contributed by atoms with Gasteiger partial charge in [0.25, 0.3) is 5.92 Å². The number of nitrogens with two attached hydrogens (primary N) is 1. The summed E-state index contributed by atoms with van der Waals surface area (Å²) in [6.45, 7) is 0.316. The van der Waals surface area contributed by atoms with Gasteiger partial charge in [0, 0.05) is 20.3 Å². The molecule has 13 heavy (non-hydrogen) atoms. The van der Waals surface area contributed by atoms with Crippen LogP contribution >= 0.6 is 0 Å². The third-order valence-corrected chi connectivity index (χ3v) is 1.69. The highest BCUT2D eigenvalue weighted by Gasteiger charge is 2.27. The minimum atomic E-state index is -2.78. The Kier molecular flexibility index (Phi) is 6.11. The van der Waals surface area contributed by atoms with Crippen molar-refractivity contribution in [3.63, 3.8) is 0 Å². The molecule has 0 aliphatic rings. The maximum Gasteiger partial charge on any atom is 0.272 e. The molecule has 0 aromatic heterocycles. The highest BCUT2D eigenvalue weighted by atomic mass is 19.3. The van der Waals surface area contributed by atoms with Crippen LogP contribution in [0.4, 0.5) is 8.78 Å². The van der Waals surface area contributed by atoms with Gasteiger partial charge in [0.15, 0.2) is 0 Å². The molecule has 0 amide bonds. The van der Waals surface area contributed by atoms with Crippen molar-refractivity contribution in [2.45, 2.75) is 12.3 Å². The van der Waals surface area contributed by atoms with Crippen LogP contribution in [-0.2, 0) is 4.74 Å². The summed E-state index contributed by atoms with van der Waals surface area (Å²) in [7, 11) is 3.24. The van der Waals surface area contributed by atoms with Gasteiger partial charge in [-0.1, -0.05) is 0 Å². The zero-order valence-electron chi connectivity index (χ0n) is 8.22. The van der Waals surface area contributed by atoms with Crippen molar-refractivity contribution in [1.29, 1.82) is 0 Å². The highest BCUT2D eigenvalue weighted by molar-refractivity contribution is 4.70. The predicted molar refractivity (Wildman–Crippen MR) is 48.0 cm³/mol. The van der Waals surface area contributed by atoms with Gasteiger partial charge >= 0.3 is 0 Å². The molecule has 2 N–H and O–H groups in total. The first kappa shape index (κ1) is 12.7. The van der Waals surface area contributed by atoms with Crippen molar-refractivity contribution in [3.8, 4) is 0 Å². The molecule has 80 valence electrons.